The molecule has 0 N–H and O–H groups in total. The summed E-state index contributed by atoms with van der Waals surface area (Å²) >= 11 is 0. The third kappa shape index (κ3) is 1.32. The maximum Gasteiger partial charge on any atom is 0.143 e. The Bertz CT molecular complexity index is 468. The third-order valence-corrected chi connectivity index (χ3v) is 1.95. The normalized spacial score (nSPS) is 10.5. The van der Waals surface area contributed by atoms with Crippen molar-refractivity contribution in [2.24, 2.45) is 0 Å². The molecule has 0 spiro atoms. The molecule has 0 atom stereocenters. The van der Waals surface area contributed by atoms with Gasteiger partial charge in [-0.05, 0) is 29.7 Å². The molecule has 1 heterocycles. The second-order valence-corrected chi connectivity index (χ2v) is 2.94. The molecule has 0 aliphatic carbocycles. The van der Waals surface area contributed by atoms with E-state index in [1.807, 2.05) is 25.1 Å². The lowest BCUT2D eigenvalue weighted by Gasteiger charge is -2.04. The van der Waals surface area contributed by atoms with Crippen molar-refractivity contribution in [2.45, 2.75) is 6.92 Å². The summed E-state index contributed by atoms with van der Waals surface area (Å²) in [6.45, 7) is 1.96. The van der Waals surface area contributed by atoms with Gasteiger partial charge in [0.25, 0.3) is 0 Å². The van der Waals surface area contributed by atoms with E-state index in [2.05, 4.69) is 9.97 Å². The summed E-state index contributed by atoms with van der Waals surface area (Å²) in [4.78, 5) is 8.29. The molecule has 58 valence electrons. The first kappa shape index (κ1) is 8.30. The Kier molecular flexibility index (Phi) is 1.83. The minimum absolute atomic E-state index is 0.290. The van der Waals surface area contributed by atoms with E-state index in [0.29, 0.717) is 5.59 Å². The maximum atomic E-state index is 5.56. The Balaban J connectivity index is 2.89. The van der Waals surface area contributed by atoms with Crippen molar-refractivity contribution in [3.8, 4) is 0 Å². The molecule has 0 saturated heterocycles. The lowest BCUT2D eigenvalue weighted by Crippen LogP contribution is -2.31. The number of fused-ring (bicyclic) bond motifs is 1. The van der Waals surface area contributed by atoms with Crippen LogP contribution in [-0.2, 0) is 0 Å². The second kappa shape index (κ2) is 2.87. The molecule has 13 heavy (non-hydrogen) atoms. The van der Waals surface area contributed by atoms with Crippen LogP contribution in [0.4, 0.5) is 0 Å². The molecule has 4 radical (unpaired) electrons. The Hall–Kier alpha value is -1.31. The van der Waals surface area contributed by atoms with E-state index in [9.17, 15) is 0 Å². The van der Waals surface area contributed by atoms with Gasteiger partial charge in [0.2, 0.25) is 0 Å². The van der Waals surface area contributed by atoms with E-state index in [0.717, 1.165) is 16.6 Å². The minimum Gasteiger partial charge on any atom is -0.262 e. The molecule has 0 aliphatic heterocycles. The molecule has 4 heteroatoms. The van der Waals surface area contributed by atoms with Crippen LogP contribution < -0.4 is 11.2 Å². The van der Waals surface area contributed by atoms with Crippen LogP contribution in [0.25, 0.3) is 11.0 Å². The largest absolute Gasteiger partial charge is 0.262 e. The quantitative estimate of drug-likeness (QED) is 0.491. The zero-order valence-electron chi connectivity index (χ0n) is 7.28. The summed E-state index contributed by atoms with van der Waals surface area (Å²) in [5, 5.41) is 0. The highest BCUT2D eigenvalue weighted by molar-refractivity contribution is 6.46. The number of hydrogen-bond donors (Lipinski definition) is 0. The zero-order chi connectivity index (χ0) is 9.42. The molecule has 0 amide bonds. The molecule has 1 aromatic heterocycles. The van der Waals surface area contributed by atoms with Crippen molar-refractivity contribution in [3.63, 3.8) is 0 Å². The van der Waals surface area contributed by atoms with E-state index in [1.54, 1.807) is 0 Å². The van der Waals surface area contributed by atoms with Crippen LogP contribution in [0, 0.1) is 6.92 Å². The first-order chi connectivity index (χ1) is 6.18. The van der Waals surface area contributed by atoms with Gasteiger partial charge in [-0.25, -0.2) is 0 Å². The highest BCUT2D eigenvalue weighted by atomic mass is 14.8. The topological polar surface area (TPSA) is 25.8 Å². The standard InChI is InChI=1S/C9H6B2N2/c1-5-3-2-4-6-7(5)13-9(11)8(10)12-6/h2-4H,1H3. The maximum absolute atomic E-state index is 5.56. The van der Waals surface area contributed by atoms with Crippen LogP contribution >= 0.6 is 0 Å². The van der Waals surface area contributed by atoms with Crippen LogP contribution in [0.5, 0.6) is 0 Å². The molecule has 0 fully saturated rings. The first-order valence-corrected chi connectivity index (χ1v) is 3.97. The summed E-state index contributed by atoms with van der Waals surface area (Å²) in [6.07, 6.45) is 0. The van der Waals surface area contributed by atoms with Crippen LogP contribution in [-0.4, -0.2) is 25.7 Å². The molecule has 2 rings (SSSR count). The molecular formula is C9H6B2N2. The zero-order valence-corrected chi connectivity index (χ0v) is 7.28. The lowest BCUT2D eigenvalue weighted by molar-refractivity contribution is 1.35. The number of rotatable bonds is 0. The number of nitrogens with zero attached hydrogens (tertiary/aromatic N) is 2. The number of para-hydroxylation sites is 1. The number of benzene rings is 1. The molecule has 2 aromatic rings. The van der Waals surface area contributed by atoms with Crippen molar-refractivity contribution in [1.29, 1.82) is 0 Å². The smallest absolute Gasteiger partial charge is 0.143 e. The third-order valence-electron chi connectivity index (χ3n) is 1.95. The summed E-state index contributed by atoms with van der Waals surface area (Å²) in [7, 11) is 11.1. The van der Waals surface area contributed by atoms with E-state index < -0.39 is 0 Å². The first-order valence-electron chi connectivity index (χ1n) is 3.97. The van der Waals surface area contributed by atoms with Gasteiger partial charge in [0.15, 0.2) is 0 Å². The average Bonchev–Trinajstić information content (AvgIpc) is 2.09. The predicted octanol–water partition coefficient (Wildman–Crippen LogP) is -0.474. The van der Waals surface area contributed by atoms with Crippen molar-refractivity contribution >= 4 is 37.9 Å². The second-order valence-electron chi connectivity index (χ2n) is 2.94. The fraction of sp³-hybridized carbons (Fsp3) is 0.111. The van der Waals surface area contributed by atoms with Gasteiger partial charge in [-0.1, -0.05) is 12.1 Å². The van der Waals surface area contributed by atoms with Gasteiger partial charge in [-0.2, -0.15) is 0 Å². The Labute approximate surface area is 79.2 Å². The van der Waals surface area contributed by atoms with Crippen molar-refractivity contribution in [2.75, 3.05) is 0 Å². The fourth-order valence-corrected chi connectivity index (χ4v) is 1.24. The van der Waals surface area contributed by atoms with Gasteiger partial charge in [-0.15, -0.1) is 0 Å². The molecular weight excluding hydrogens is 158 g/mol. The molecule has 1 aromatic carbocycles. The van der Waals surface area contributed by atoms with Crippen LogP contribution in [0.15, 0.2) is 18.2 Å². The van der Waals surface area contributed by atoms with Gasteiger partial charge in [0, 0.05) is 0 Å². The Morgan fingerprint density at radius 3 is 2.54 bits per heavy atom. The number of hydrogen-bond acceptors (Lipinski definition) is 2. The van der Waals surface area contributed by atoms with E-state index in [4.69, 9.17) is 15.7 Å². The fourth-order valence-electron chi connectivity index (χ4n) is 1.24. The predicted molar refractivity (Wildman–Crippen MR) is 55.1 cm³/mol. The molecule has 2 nitrogen and oxygen atoms in total. The van der Waals surface area contributed by atoms with E-state index in [1.165, 1.54) is 0 Å². The molecule has 0 bridgehead atoms. The molecule has 0 saturated carbocycles. The highest BCUT2D eigenvalue weighted by Gasteiger charge is 2.01. The van der Waals surface area contributed by atoms with E-state index in [-0.39, 0.29) is 5.59 Å². The number of aromatic nitrogens is 2. The van der Waals surface area contributed by atoms with Crippen molar-refractivity contribution < 1.29 is 0 Å². The van der Waals surface area contributed by atoms with E-state index >= 15 is 0 Å². The number of aryl methyl sites for hydroxylation is 1. The van der Waals surface area contributed by atoms with Crippen LogP contribution in [0.2, 0.25) is 0 Å². The van der Waals surface area contributed by atoms with Crippen molar-refractivity contribution in [3.05, 3.63) is 23.8 Å². The summed E-state index contributed by atoms with van der Waals surface area (Å²) in [5.74, 6) is 0. The highest BCUT2D eigenvalue weighted by Crippen LogP contribution is 2.10. The molecule has 0 unspecified atom stereocenters. The van der Waals surface area contributed by atoms with Gasteiger partial charge in [0.05, 0.1) is 11.0 Å². The average molecular weight is 164 g/mol. The van der Waals surface area contributed by atoms with Gasteiger partial charge in [-0.3, -0.25) is 9.97 Å². The lowest BCUT2D eigenvalue weighted by atomic mass is 9.90. The monoisotopic (exact) mass is 164 g/mol. The van der Waals surface area contributed by atoms with Gasteiger partial charge in [0.1, 0.15) is 15.7 Å². The van der Waals surface area contributed by atoms with Crippen LogP contribution in [0.3, 0.4) is 0 Å². The minimum atomic E-state index is 0.290. The van der Waals surface area contributed by atoms with Crippen molar-refractivity contribution in [1.82, 2.24) is 9.97 Å². The Morgan fingerprint density at radius 1 is 1.08 bits per heavy atom. The van der Waals surface area contributed by atoms with Crippen LogP contribution in [0.1, 0.15) is 5.56 Å². The van der Waals surface area contributed by atoms with Gasteiger partial charge >= 0.3 is 0 Å². The summed E-state index contributed by atoms with van der Waals surface area (Å²) < 4.78 is 0. The summed E-state index contributed by atoms with van der Waals surface area (Å²) in [5.41, 5.74) is 3.23. The molecule has 0 aliphatic rings. The Morgan fingerprint density at radius 2 is 1.77 bits per heavy atom. The SMILES string of the molecule is [B]c1nc2cccc(C)c2nc1[B]. The van der Waals surface area contributed by atoms with Gasteiger partial charge < -0.3 is 0 Å². The summed E-state index contributed by atoms with van der Waals surface area (Å²) in [6, 6.07) is 5.75.